The van der Waals surface area contributed by atoms with Gasteiger partial charge in [-0.2, -0.15) is 0 Å². The summed E-state index contributed by atoms with van der Waals surface area (Å²) in [6, 6.07) is 0.943. The molecule has 0 N–H and O–H groups in total. The minimum atomic E-state index is 0.264. The van der Waals surface area contributed by atoms with Crippen molar-refractivity contribution in [1.29, 1.82) is 0 Å². The van der Waals surface area contributed by atoms with Crippen LogP contribution in [0.3, 0.4) is 0 Å². The predicted octanol–water partition coefficient (Wildman–Crippen LogP) is 2.28. The molecule has 0 unspecified atom stereocenters. The van der Waals surface area contributed by atoms with Gasteiger partial charge in [0.1, 0.15) is 0 Å². The van der Waals surface area contributed by atoms with Crippen LogP contribution in [-0.4, -0.2) is 49.4 Å². The molecule has 0 aromatic carbocycles. The van der Waals surface area contributed by atoms with Crippen LogP contribution >= 0.6 is 11.8 Å². The standard InChI is InChI=1S/C15H23N5OS/c21-14(19(12-7-8-12)9-11-5-6-11)10-22-15-16-17-18-20(15)13-3-1-2-4-13/h11-13H,1-10H2. The Morgan fingerprint density at radius 1 is 1.18 bits per heavy atom. The molecule has 6 nitrogen and oxygen atoms in total. The molecule has 3 aliphatic rings. The van der Waals surface area contributed by atoms with Crippen LogP contribution in [0.25, 0.3) is 0 Å². The number of thioether (sulfide) groups is 1. The van der Waals surface area contributed by atoms with Gasteiger partial charge in [-0.3, -0.25) is 4.79 Å². The van der Waals surface area contributed by atoms with Gasteiger partial charge in [0.2, 0.25) is 11.1 Å². The third kappa shape index (κ3) is 3.29. The molecule has 1 aromatic rings. The number of amides is 1. The van der Waals surface area contributed by atoms with Crippen LogP contribution < -0.4 is 0 Å². The Morgan fingerprint density at radius 3 is 2.64 bits per heavy atom. The first-order valence-electron chi connectivity index (χ1n) is 8.51. The van der Waals surface area contributed by atoms with E-state index in [4.69, 9.17) is 0 Å². The summed E-state index contributed by atoms with van der Waals surface area (Å²) in [5.74, 6) is 1.50. The van der Waals surface area contributed by atoms with Gasteiger partial charge in [-0.05, 0) is 54.9 Å². The molecule has 3 saturated carbocycles. The number of hydrogen-bond donors (Lipinski definition) is 0. The quantitative estimate of drug-likeness (QED) is 0.721. The third-order valence-corrected chi connectivity index (χ3v) is 5.84. The molecule has 0 spiro atoms. The lowest BCUT2D eigenvalue weighted by Gasteiger charge is -2.22. The molecule has 0 bridgehead atoms. The number of tetrazole rings is 1. The van der Waals surface area contributed by atoms with Crippen LogP contribution in [0, 0.1) is 5.92 Å². The molecular weight excluding hydrogens is 298 g/mol. The third-order valence-electron chi connectivity index (χ3n) is 4.92. The Balaban J connectivity index is 1.35. The number of aromatic nitrogens is 4. The van der Waals surface area contributed by atoms with E-state index in [2.05, 4.69) is 20.4 Å². The van der Waals surface area contributed by atoms with Gasteiger partial charge in [-0.15, -0.1) is 5.10 Å². The van der Waals surface area contributed by atoms with Crippen LogP contribution in [0.2, 0.25) is 0 Å². The maximum absolute atomic E-state index is 12.5. The summed E-state index contributed by atoms with van der Waals surface area (Å²) in [5.41, 5.74) is 0. The molecule has 0 radical (unpaired) electrons. The second kappa shape index (κ2) is 6.18. The molecule has 0 atom stereocenters. The fourth-order valence-corrected chi connectivity index (χ4v) is 4.12. The van der Waals surface area contributed by atoms with E-state index in [1.807, 2.05) is 4.68 Å². The molecular formula is C15H23N5OS. The highest BCUT2D eigenvalue weighted by Gasteiger charge is 2.36. The van der Waals surface area contributed by atoms with E-state index in [0.717, 1.165) is 30.5 Å². The highest BCUT2D eigenvalue weighted by atomic mass is 32.2. The van der Waals surface area contributed by atoms with E-state index in [-0.39, 0.29) is 5.91 Å². The zero-order valence-electron chi connectivity index (χ0n) is 12.9. The zero-order valence-corrected chi connectivity index (χ0v) is 13.7. The maximum Gasteiger partial charge on any atom is 0.233 e. The summed E-state index contributed by atoms with van der Waals surface area (Å²) >= 11 is 1.51. The Kier molecular flexibility index (Phi) is 4.07. The average Bonchev–Trinajstić information content (AvgIpc) is 3.42. The number of carbonyl (C=O) groups excluding carboxylic acids is 1. The minimum Gasteiger partial charge on any atom is -0.339 e. The Hall–Kier alpha value is -1.11. The van der Waals surface area contributed by atoms with Crippen molar-refractivity contribution >= 4 is 17.7 Å². The first kappa shape index (κ1) is 14.5. The van der Waals surface area contributed by atoms with E-state index in [9.17, 15) is 4.79 Å². The second-order valence-electron chi connectivity index (χ2n) is 6.85. The molecule has 0 saturated heterocycles. The van der Waals surface area contributed by atoms with Crippen LogP contribution in [-0.2, 0) is 4.79 Å². The van der Waals surface area contributed by atoms with Crippen LogP contribution in [0.4, 0.5) is 0 Å². The van der Waals surface area contributed by atoms with E-state index in [1.165, 1.54) is 50.3 Å². The van der Waals surface area contributed by atoms with Gasteiger partial charge >= 0.3 is 0 Å². The van der Waals surface area contributed by atoms with Gasteiger partial charge in [0.25, 0.3) is 0 Å². The predicted molar refractivity (Wildman–Crippen MR) is 83.5 cm³/mol. The molecule has 1 heterocycles. The highest BCUT2D eigenvalue weighted by Crippen LogP contribution is 2.36. The Morgan fingerprint density at radius 2 is 1.95 bits per heavy atom. The van der Waals surface area contributed by atoms with Gasteiger partial charge in [-0.25, -0.2) is 4.68 Å². The largest absolute Gasteiger partial charge is 0.339 e. The van der Waals surface area contributed by atoms with Gasteiger partial charge in [0.05, 0.1) is 11.8 Å². The fourth-order valence-electron chi connectivity index (χ4n) is 3.29. The average molecular weight is 321 g/mol. The molecule has 3 aliphatic carbocycles. The van der Waals surface area contributed by atoms with Crippen LogP contribution in [0.15, 0.2) is 5.16 Å². The van der Waals surface area contributed by atoms with Crippen molar-refractivity contribution in [3.8, 4) is 0 Å². The maximum atomic E-state index is 12.5. The van der Waals surface area contributed by atoms with Crippen molar-refractivity contribution < 1.29 is 4.79 Å². The highest BCUT2D eigenvalue weighted by molar-refractivity contribution is 7.99. The smallest absolute Gasteiger partial charge is 0.233 e. The lowest BCUT2D eigenvalue weighted by molar-refractivity contribution is -0.129. The monoisotopic (exact) mass is 321 g/mol. The van der Waals surface area contributed by atoms with E-state index < -0.39 is 0 Å². The summed E-state index contributed by atoms with van der Waals surface area (Å²) in [6.07, 6.45) is 9.78. The van der Waals surface area contributed by atoms with E-state index >= 15 is 0 Å². The van der Waals surface area contributed by atoms with E-state index in [0.29, 0.717) is 17.8 Å². The minimum absolute atomic E-state index is 0.264. The van der Waals surface area contributed by atoms with Gasteiger partial charge in [0, 0.05) is 12.6 Å². The van der Waals surface area contributed by atoms with Crippen molar-refractivity contribution in [1.82, 2.24) is 25.1 Å². The van der Waals surface area contributed by atoms with Crippen molar-refractivity contribution in [2.75, 3.05) is 12.3 Å². The van der Waals surface area contributed by atoms with Crippen molar-refractivity contribution in [3.63, 3.8) is 0 Å². The lowest BCUT2D eigenvalue weighted by atomic mass is 10.3. The molecule has 7 heteroatoms. The molecule has 22 heavy (non-hydrogen) atoms. The topological polar surface area (TPSA) is 63.9 Å². The first-order chi connectivity index (χ1) is 10.8. The second-order valence-corrected chi connectivity index (χ2v) is 7.80. The number of carbonyl (C=O) groups is 1. The zero-order chi connectivity index (χ0) is 14.9. The molecule has 1 amide bonds. The molecule has 0 aliphatic heterocycles. The number of nitrogens with zero attached hydrogens (tertiary/aromatic N) is 5. The van der Waals surface area contributed by atoms with Crippen molar-refractivity contribution in [3.05, 3.63) is 0 Å². The van der Waals surface area contributed by atoms with Gasteiger partial charge in [0.15, 0.2) is 0 Å². The first-order valence-corrected chi connectivity index (χ1v) is 9.50. The summed E-state index contributed by atoms with van der Waals surface area (Å²) < 4.78 is 1.94. The van der Waals surface area contributed by atoms with Crippen molar-refractivity contribution in [2.24, 2.45) is 5.92 Å². The summed E-state index contributed by atoms with van der Waals surface area (Å²) in [7, 11) is 0. The molecule has 1 aromatic heterocycles. The van der Waals surface area contributed by atoms with Crippen LogP contribution in [0.5, 0.6) is 0 Å². The number of rotatable bonds is 7. The molecule has 120 valence electrons. The fraction of sp³-hybridized carbons (Fsp3) is 0.867. The summed E-state index contributed by atoms with van der Waals surface area (Å²) in [4.78, 5) is 14.7. The van der Waals surface area contributed by atoms with E-state index in [1.54, 1.807) is 0 Å². The Labute approximate surface area is 135 Å². The summed E-state index contributed by atoms with van der Waals surface area (Å²) in [5, 5.41) is 12.9. The molecule has 3 fully saturated rings. The summed E-state index contributed by atoms with van der Waals surface area (Å²) in [6.45, 7) is 0.970. The van der Waals surface area contributed by atoms with Gasteiger partial charge in [-0.1, -0.05) is 24.6 Å². The van der Waals surface area contributed by atoms with Crippen molar-refractivity contribution in [2.45, 2.75) is 68.6 Å². The normalized spacial score (nSPS) is 22.2. The Bertz CT molecular complexity index is 534. The number of hydrogen-bond acceptors (Lipinski definition) is 5. The van der Waals surface area contributed by atoms with Crippen LogP contribution in [0.1, 0.15) is 57.4 Å². The van der Waals surface area contributed by atoms with Gasteiger partial charge < -0.3 is 4.90 Å². The SMILES string of the molecule is O=C(CSc1nnnn1C1CCCC1)N(CC1CC1)C1CC1. The lowest BCUT2D eigenvalue weighted by Crippen LogP contribution is -2.36. The molecule has 4 rings (SSSR count).